The first-order valence-electron chi connectivity index (χ1n) is 11.1. The molecule has 172 valence electrons. The van der Waals surface area contributed by atoms with Crippen LogP contribution in [0.2, 0.25) is 0 Å². The zero-order valence-electron chi connectivity index (χ0n) is 18.3. The molecule has 2 heterocycles. The zero-order valence-corrected chi connectivity index (χ0v) is 18.3. The number of carbonyl (C=O) groups excluding carboxylic acids is 2. The number of nitrogens with two attached hydrogens (primary N) is 1. The quantitative estimate of drug-likeness (QED) is 0.492. The lowest BCUT2D eigenvalue weighted by molar-refractivity contribution is -0.138. The van der Waals surface area contributed by atoms with Gasteiger partial charge in [-0.2, -0.15) is 0 Å². The zero-order chi connectivity index (χ0) is 23.2. The summed E-state index contributed by atoms with van der Waals surface area (Å²) in [5, 5.41) is 2.95. The number of carbonyl (C=O) groups is 2. The van der Waals surface area contributed by atoms with E-state index in [0.29, 0.717) is 25.1 Å². The molecule has 2 aromatic carbocycles. The van der Waals surface area contributed by atoms with Crippen LogP contribution in [0.25, 0.3) is 11.3 Å². The maximum atomic E-state index is 13.9. The Kier molecular flexibility index (Phi) is 7.14. The Morgan fingerprint density at radius 1 is 1.21 bits per heavy atom. The van der Waals surface area contributed by atoms with Gasteiger partial charge in [0.1, 0.15) is 11.9 Å². The molecule has 0 aliphatic carbocycles. The molecule has 4 N–H and O–H groups in total. The highest BCUT2D eigenvalue weighted by Crippen LogP contribution is 2.20. The largest absolute Gasteiger partial charge is 0.350 e. The third kappa shape index (κ3) is 5.64. The maximum Gasteiger partial charge on any atom is 0.243 e. The highest BCUT2D eigenvalue weighted by Gasteiger charge is 2.34. The van der Waals surface area contributed by atoms with Crippen LogP contribution in [0, 0.1) is 5.82 Å². The Balaban J connectivity index is 1.29. The van der Waals surface area contributed by atoms with Crippen molar-refractivity contribution in [1.29, 1.82) is 0 Å². The minimum absolute atomic E-state index is 0.0766. The highest BCUT2D eigenvalue weighted by atomic mass is 19.1. The van der Waals surface area contributed by atoms with Crippen LogP contribution >= 0.6 is 0 Å². The number of nitrogens with zero attached hydrogens (tertiary/aromatic N) is 2. The van der Waals surface area contributed by atoms with Crippen LogP contribution in [-0.4, -0.2) is 45.3 Å². The molecule has 7 nitrogen and oxygen atoms in total. The molecule has 8 heteroatoms. The average Bonchev–Trinajstić information content (AvgIpc) is 3.52. The fraction of sp³-hybridized carbons (Fsp3) is 0.320. The van der Waals surface area contributed by atoms with Gasteiger partial charge in [-0.1, -0.05) is 42.5 Å². The van der Waals surface area contributed by atoms with Gasteiger partial charge in [0.05, 0.1) is 18.2 Å². The van der Waals surface area contributed by atoms with Gasteiger partial charge in [0.15, 0.2) is 0 Å². The summed E-state index contributed by atoms with van der Waals surface area (Å²) in [6.07, 6.45) is 5.13. The van der Waals surface area contributed by atoms with E-state index < -0.39 is 12.1 Å². The van der Waals surface area contributed by atoms with Crippen molar-refractivity contribution in [3.05, 3.63) is 78.0 Å². The average molecular weight is 450 g/mol. The number of aromatic nitrogens is 2. The van der Waals surface area contributed by atoms with E-state index in [0.717, 1.165) is 23.2 Å². The second-order valence-corrected chi connectivity index (χ2v) is 8.38. The van der Waals surface area contributed by atoms with Crippen LogP contribution in [0.5, 0.6) is 0 Å². The molecule has 0 unspecified atom stereocenters. The van der Waals surface area contributed by atoms with Gasteiger partial charge in [-0.3, -0.25) is 9.59 Å². The summed E-state index contributed by atoms with van der Waals surface area (Å²) in [5.41, 5.74) is 9.53. The normalized spacial score (nSPS) is 16.5. The molecule has 0 bridgehead atoms. The highest BCUT2D eigenvalue weighted by molar-refractivity contribution is 5.88. The summed E-state index contributed by atoms with van der Waals surface area (Å²) in [6, 6.07) is 13.3. The van der Waals surface area contributed by atoms with Crippen LogP contribution in [0.1, 0.15) is 30.4 Å². The number of nitrogens with one attached hydrogen (secondary N) is 2. The van der Waals surface area contributed by atoms with Crippen molar-refractivity contribution in [2.45, 2.75) is 44.3 Å². The summed E-state index contributed by atoms with van der Waals surface area (Å²) in [6.45, 7) is 0.912. The first-order chi connectivity index (χ1) is 16.0. The van der Waals surface area contributed by atoms with Crippen LogP contribution in [0.3, 0.4) is 0 Å². The van der Waals surface area contributed by atoms with Gasteiger partial charge in [0.2, 0.25) is 11.8 Å². The number of rotatable bonds is 8. The maximum absolute atomic E-state index is 13.9. The molecule has 1 saturated heterocycles. The summed E-state index contributed by atoms with van der Waals surface area (Å²) in [4.78, 5) is 34.3. The lowest BCUT2D eigenvalue weighted by atomic mass is 10.0. The van der Waals surface area contributed by atoms with Crippen molar-refractivity contribution < 1.29 is 14.0 Å². The van der Waals surface area contributed by atoms with E-state index in [1.54, 1.807) is 35.6 Å². The van der Waals surface area contributed by atoms with Gasteiger partial charge >= 0.3 is 0 Å². The lowest BCUT2D eigenvalue weighted by Gasteiger charge is -2.25. The molecule has 1 fully saturated rings. The Labute approximate surface area is 192 Å². The molecular weight excluding hydrogens is 421 g/mol. The Morgan fingerprint density at radius 2 is 2.00 bits per heavy atom. The number of likely N-dealkylation sites (tertiary alicyclic amines) is 1. The van der Waals surface area contributed by atoms with Gasteiger partial charge in [-0.05, 0) is 42.0 Å². The van der Waals surface area contributed by atoms with E-state index >= 15 is 0 Å². The Bertz CT molecular complexity index is 1080. The van der Waals surface area contributed by atoms with Crippen molar-refractivity contribution in [2.75, 3.05) is 6.54 Å². The minimum atomic E-state index is -0.507. The van der Waals surface area contributed by atoms with Crippen molar-refractivity contribution in [3.8, 4) is 11.3 Å². The molecule has 1 aliphatic rings. The standard InChI is InChI=1S/C25H28FN5O2/c26-21-5-2-1-4-19(21)12-20(27)13-24(32)31-11-3-6-23(31)25(33)29-14-17-7-9-18(10-8-17)22-15-28-16-30-22/h1-2,4-5,7-10,15-16,20,23H,3,6,11-14,27H2,(H,28,30)(H,29,33)/t20-,23+/m1/s1. The minimum Gasteiger partial charge on any atom is -0.350 e. The van der Waals surface area contributed by atoms with Gasteiger partial charge in [0.25, 0.3) is 0 Å². The third-order valence-corrected chi connectivity index (χ3v) is 5.98. The predicted molar refractivity (Wildman–Crippen MR) is 123 cm³/mol. The lowest BCUT2D eigenvalue weighted by Crippen LogP contribution is -2.47. The fourth-order valence-electron chi connectivity index (χ4n) is 4.22. The molecule has 1 aliphatic heterocycles. The number of amides is 2. The van der Waals surface area contributed by atoms with E-state index in [4.69, 9.17) is 5.73 Å². The van der Waals surface area contributed by atoms with Crippen LogP contribution in [0.15, 0.2) is 61.1 Å². The van der Waals surface area contributed by atoms with E-state index in [1.165, 1.54) is 6.07 Å². The Hall–Kier alpha value is -3.52. The van der Waals surface area contributed by atoms with Crippen LogP contribution in [0.4, 0.5) is 4.39 Å². The monoisotopic (exact) mass is 449 g/mol. The summed E-state index contributed by atoms with van der Waals surface area (Å²) in [5.74, 6) is -0.655. The molecule has 0 radical (unpaired) electrons. The third-order valence-electron chi connectivity index (χ3n) is 5.98. The number of halogens is 1. The van der Waals surface area contributed by atoms with Gasteiger partial charge in [-0.15, -0.1) is 0 Å². The number of hydrogen-bond acceptors (Lipinski definition) is 4. The summed E-state index contributed by atoms with van der Waals surface area (Å²) in [7, 11) is 0. The van der Waals surface area contributed by atoms with Gasteiger partial charge < -0.3 is 20.9 Å². The van der Waals surface area contributed by atoms with Gasteiger partial charge in [0, 0.05) is 25.6 Å². The first kappa shape index (κ1) is 22.7. The SMILES string of the molecule is N[C@@H](CC(=O)N1CCC[C@H]1C(=O)NCc1ccc(-c2cnc[nH]2)cc1)Cc1ccccc1F. The molecule has 3 aromatic rings. The van der Waals surface area contributed by atoms with Crippen molar-refractivity contribution in [2.24, 2.45) is 5.73 Å². The van der Waals surface area contributed by atoms with E-state index in [1.807, 2.05) is 24.3 Å². The van der Waals surface area contributed by atoms with Crippen molar-refractivity contribution in [1.82, 2.24) is 20.2 Å². The topological polar surface area (TPSA) is 104 Å². The van der Waals surface area contributed by atoms with E-state index in [2.05, 4.69) is 15.3 Å². The number of imidazole rings is 1. The molecular formula is C25H28FN5O2. The second-order valence-electron chi connectivity index (χ2n) is 8.38. The molecule has 4 rings (SSSR count). The number of benzene rings is 2. The van der Waals surface area contributed by atoms with Crippen molar-refractivity contribution >= 4 is 11.8 Å². The molecule has 33 heavy (non-hydrogen) atoms. The second kappa shape index (κ2) is 10.4. The van der Waals surface area contributed by atoms with Crippen molar-refractivity contribution in [3.63, 3.8) is 0 Å². The molecule has 2 atom stereocenters. The molecule has 1 aromatic heterocycles. The molecule has 2 amide bonds. The van der Waals surface area contributed by atoms with Crippen LogP contribution < -0.4 is 11.1 Å². The van der Waals surface area contributed by atoms with Crippen LogP contribution in [-0.2, 0) is 22.6 Å². The van der Waals surface area contributed by atoms with E-state index in [9.17, 15) is 14.0 Å². The smallest absolute Gasteiger partial charge is 0.243 e. The summed E-state index contributed by atoms with van der Waals surface area (Å²) >= 11 is 0. The summed E-state index contributed by atoms with van der Waals surface area (Å²) < 4.78 is 13.9. The van der Waals surface area contributed by atoms with E-state index in [-0.39, 0.29) is 30.5 Å². The number of hydrogen-bond donors (Lipinski definition) is 3. The Morgan fingerprint density at radius 3 is 2.73 bits per heavy atom. The fourth-order valence-corrected chi connectivity index (χ4v) is 4.22. The van der Waals surface area contributed by atoms with Gasteiger partial charge in [-0.25, -0.2) is 9.37 Å². The number of H-pyrrole nitrogens is 1. The predicted octanol–water partition coefficient (Wildman–Crippen LogP) is 2.78. The molecule has 0 spiro atoms. The number of aromatic amines is 1. The first-order valence-corrected chi connectivity index (χ1v) is 11.1. The molecule has 0 saturated carbocycles.